The van der Waals surface area contributed by atoms with Gasteiger partial charge in [-0.05, 0) is 22.2 Å². The van der Waals surface area contributed by atoms with E-state index >= 15 is 0 Å². The number of carboxylic acid groups (broad SMARTS) is 1. The first-order valence-electron chi connectivity index (χ1n) is 5.57. The molecule has 3 aromatic rings. The van der Waals surface area contributed by atoms with Gasteiger partial charge in [0, 0.05) is 5.39 Å². The highest BCUT2D eigenvalue weighted by Crippen LogP contribution is 2.33. The van der Waals surface area contributed by atoms with Crippen LogP contribution in [0.2, 0.25) is 0 Å². The summed E-state index contributed by atoms with van der Waals surface area (Å²) in [5.74, 6) is 0.372. The maximum Gasteiger partial charge on any atom is 0.511 e. The average molecular weight is 238 g/mol. The van der Waals surface area contributed by atoms with Gasteiger partial charge in [0.05, 0.1) is 0 Å². The van der Waals surface area contributed by atoms with E-state index < -0.39 is 6.16 Å². The summed E-state index contributed by atoms with van der Waals surface area (Å²) in [4.78, 5) is 10.7. The monoisotopic (exact) mass is 238 g/mol. The molecule has 0 saturated carbocycles. The molecular weight excluding hydrogens is 228 g/mol. The SMILES string of the molecule is O=C(O)Oc1cc2ccccc2c2ccccc12. The molecule has 0 aliphatic carbocycles. The van der Waals surface area contributed by atoms with Gasteiger partial charge >= 0.3 is 6.16 Å². The summed E-state index contributed by atoms with van der Waals surface area (Å²) < 4.78 is 4.85. The van der Waals surface area contributed by atoms with Gasteiger partial charge in [-0.25, -0.2) is 4.79 Å². The molecule has 0 aliphatic heterocycles. The Morgan fingerprint density at radius 2 is 1.50 bits per heavy atom. The van der Waals surface area contributed by atoms with Crippen LogP contribution in [0.15, 0.2) is 54.6 Å². The average Bonchev–Trinajstić information content (AvgIpc) is 2.38. The molecule has 0 atom stereocenters. The van der Waals surface area contributed by atoms with Gasteiger partial charge in [0.1, 0.15) is 5.75 Å². The van der Waals surface area contributed by atoms with Gasteiger partial charge in [-0.1, -0.05) is 48.5 Å². The van der Waals surface area contributed by atoms with Crippen LogP contribution in [0.3, 0.4) is 0 Å². The van der Waals surface area contributed by atoms with Crippen LogP contribution in [0.4, 0.5) is 4.79 Å². The summed E-state index contributed by atoms with van der Waals surface area (Å²) in [6, 6.07) is 17.2. The second-order valence-electron chi connectivity index (χ2n) is 4.01. The van der Waals surface area contributed by atoms with E-state index in [1.54, 1.807) is 6.07 Å². The number of fused-ring (bicyclic) bond motifs is 3. The third-order valence-electron chi connectivity index (χ3n) is 2.93. The van der Waals surface area contributed by atoms with Crippen molar-refractivity contribution in [2.24, 2.45) is 0 Å². The zero-order valence-electron chi connectivity index (χ0n) is 9.46. The fraction of sp³-hybridized carbons (Fsp3) is 0. The van der Waals surface area contributed by atoms with Crippen molar-refractivity contribution < 1.29 is 14.6 Å². The topological polar surface area (TPSA) is 46.5 Å². The second kappa shape index (κ2) is 4.04. The lowest BCUT2D eigenvalue weighted by Gasteiger charge is -2.08. The highest BCUT2D eigenvalue weighted by Gasteiger charge is 2.09. The number of hydrogen-bond acceptors (Lipinski definition) is 2. The molecule has 3 heteroatoms. The van der Waals surface area contributed by atoms with Gasteiger partial charge < -0.3 is 9.84 Å². The van der Waals surface area contributed by atoms with Crippen molar-refractivity contribution in [3.8, 4) is 5.75 Å². The van der Waals surface area contributed by atoms with Gasteiger partial charge in [-0.2, -0.15) is 0 Å². The minimum absolute atomic E-state index is 0.372. The van der Waals surface area contributed by atoms with E-state index in [4.69, 9.17) is 9.84 Å². The fourth-order valence-corrected chi connectivity index (χ4v) is 2.20. The first-order chi connectivity index (χ1) is 8.75. The predicted molar refractivity (Wildman–Crippen MR) is 70.1 cm³/mol. The molecule has 0 aromatic heterocycles. The Morgan fingerprint density at radius 3 is 2.22 bits per heavy atom. The number of benzene rings is 3. The Morgan fingerprint density at radius 1 is 0.889 bits per heavy atom. The van der Waals surface area contributed by atoms with Crippen molar-refractivity contribution >= 4 is 27.7 Å². The molecule has 3 nitrogen and oxygen atoms in total. The molecule has 1 N–H and O–H groups in total. The minimum Gasteiger partial charge on any atom is -0.449 e. The Kier molecular flexibility index (Phi) is 2.38. The van der Waals surface area contributed by atoms with Crippen LogP contribution in [0.25, 0.3) is 21.5 Å². The molecule has 0 fully saturated rings. The lowest BCUT2D eigenvalue weighted by molar-refractivity contribution is 0.145. The molecule has 3 aromatic carbocycles. The van der Waals surface area contributed by atoms with E-state index in [1.165, 1.54) is 0 Å². The quantitative estimate of drug-likeness (QED) is 0.395. The number of ether oxygens (including phenoxy) is 1. The number of carbonyl (C=O) groups is 1. The maximum absolute atomic E-state index is 10.7. The molecule has 0 aliphatic rings. The Hall–Kier alpha value is -2.55. The van der Waals surface area contributed by atoms with Crippen molar-refractivity contribution in [1.29, 1.82) is 0 Å². The van der Waals surface area contributed by atoms with Gasteiger partial charge in [0.25, 0.3) is 0 Å². The highest BCUT2D eigenvalue weighted by molar-refractivity contribution is 6.10. The zero-order valence-corrected chi connectivity index (χ0v) is 9.46. The Bertz CT molecular complexity index is 747. The van der Waals surface area contributed by atoms with Gasteiger partial charge in [0.15, 0.2) is 0 Å². The maximum atomic E-state index is 10.7. The summed E-state index contributed by atoms with van der Waals surface area (Å²) in [6.45, 7) is 0. The molecule has 0 saturated heterocycles. The van der Waals surface area contributed by atoms with E-state index in [0.29, 0.717) is 5.75 Å². The lowest BCUT2D eigenvalue weighted by Crippen LogP contribution is -2.03. The van der Waals surface area contributed by atoms with E-state index in [0.717, 1.165) is 21.5 Å². The molecule has 18 heavy (non-hydrogen) atoms. The van der Waals surface area contributed by atoms with Crippen LogP contribution in [0.1, 0.15) is 0 Å². The number of hydrogen-bond donors (Lipinski definition) is 1. The smallest absolute Gasteiger partial charge is 0.449 e. The van der Waals surface area contributed by atoms with Crippen molar-refractivity contribution in [1.82, 2.24) is 0 Å². The normalized spacial score (nSPS) is 10.7. The van der Waals surface area contributed by atoms with E-state index in [-0.39, 0.29) is 0 Å². The Balaban J connectivity index is 2.42. The number of rotatable bonds is 1. The van der Waals surface area contributed by atoms with Crippen molar-refractivity contribution in [2.45, 2.75) is 0 Å². The molecule has 0 radical (unpaired) electrons. The van der Waals surface area contributed by atoms with Gasteiger partial charge in [0.2, 0.25) is 0 Å². The van der Waals surface area contributed by atoms with Gasteiger partial charge in [-0.3, -0.25) is 0 Å². The summed E-state index contributed by atoms with van der Waals surface area (Å²) >= 11 is 0. The molecule has 0 amide bonds. The summed E-state index contributed by atoms with van der Waals surface area (Å²) in [7, 11) is 0. The van der Waals surface area contributed by atoms with Crippen LogP contribution in [0, 0.1) is 0 Å². The first-order valence-corrected chi connectivity index (χ1v) is 5.57. The van der Waals surface area contributed by atoms with Crippen LogP contribution in [-0.2, 0) is 0 Å². The van der Waals surface area contributed by atoms with Crippen molar-refractivity contribution in [3.63, 3.8) is 0 Å². The first kappa shape index (κ1) is 10.6. The minimum atomic E-state index is -1.30. The van der Waals surface area contributed by atoms with Crippen LogP contribution < -0.4 is 4.74 Å². The third-order valence-corrected chi connectivity index (χ3v) is 2.93. The summed E-state index contributed by atoms with van der Waals surface area (Å²) in [5.41, 5.74) is 0. The van der Waals surface area contributed by atoms with Crippen LogP contribution >= 0.6 is 0 Å². The third kappa shape index (κ3) is 1.66. The summed E-state index contributed by atoms with van der Waals surface area (Å²) in [5, 5.41) is 12.6. The molecule has 0 bridgehead atoms. The molecule has 3 rings (SSSR count). The van der Waals surface area contributed by atoms with Crippen LogP contribution in [0.5, 0.6) is 5.75 Å². The molecule has 0 spiro atoms. The molecule has 88 valence electrons. The Labute approximate surface area is 103 Å². The van der Waals surface area contributed by atoms with Crippen LogP contribution in [-0.4, -0.2) is 11.3 Å². The summed E-state index contributed by atoms with van der Waals surface area (Å²) in [6.07, 6.45) is -1.30. The van der Waals surface area contributed by atoms with Crippen molar-refractivity contribution in [3.05, 3.63) is 54.6 Å². The standard InChI is InChI=1S/C15H10O3/c16-15(17)18-14-9-10-5-1-2-6-11(10)12-7-3-4-8-13(12)14/h1-9H,(H,16,17). The van der Waals surface area contributed by atoms with E-state index in [1.807, 2.05) is 48.5 Å². The highest BCUT2D eigenvalue weighted by atomic mass is 16.7. The van der Waals surface area contributed by atoms with Gasteiger partial charge in [-0.15, -0.1) is 0 Å². The largest absolute Gasteiger partial charge is 0.511 e. The molecular formula is C15H10O3. The van der Waals surface area contributed by atoms with E-state index in [9.17, 15) is 4.79 Å². The molecule has 0 unspecified atom stereocenters. The zero-order chi connectivity index (χ0) is 12.5. The molecule has 0 heterocycles. The second-order valence-corrected chi connectivity index (χ2v) is 4.01. The predicted octanol–water partition coefficient (Wildman–Crippen LogP) is 4.05. The fourth-order valence-electron chi connectivity index (χ4n) is 2.20. The lowest BCUT2D eigenvalue weighted by atomic mass is 10.0. The van der Waals surface area contributed by atoms with Crippen molar-refractivity contribution in [2.75, 3.05) is 0 Å². The van der Waals surface area contributed by atoms with E-state index in [2.05, 4.69) is 0 Å².